The molecule has 0 amide bonds. The van der Waals surface area contributed by atoms with Gasteiger partial charge in [-0.15, -0.1) is 0 Å². The summed E-state index contributed by atoms with van der Waals surface area (Å²) in [4.78, 5) is 12.4. The molecule has 0 aliphatic rings. The van der Waals surface area contributed by atoms with Gasteiger partial charge >= 0.3 is 0 Å². The number of hydrogen-bond acceptors (Lipinski definition) is 5. The summed E-state index contributed by atoms with van der Waals surface area (Å²) in [6.07, 6.45) is 2.88. The molecule has 0 fully saturated rings. The maximum Gasteiger partial charge on any atom is 0.238 e. The Morgan fingerprint density at radius 1 is 0.871 bits per heavy atom. The van der Waals surface area contributed by atoms with Gasteiger partial charge in [0.15, 0.2) is 5.76 Å². The zero-order chi connectivity index (χ0) is 22.0. The average Bonchev–Trinajstić information content (AvgIpc) is 3.42. The van der Waals surface area contributed by atoms with E-state index in [-0.39, 0.29) is 16.4 Å². The van der Waals surface area contributed by atoms with Crippen LogP contribution >= 0.6 is 11.6 Å². The number of furan rings is 2. The number of sulfonamides is 1. The second-order valence-electron chi connectivity index (χ2n) is 6.61. The van der Waals surface area contributed by atoms with Crippen molar-refractivity contribution in [2.75, 3.05) is 0 Å². The average molecular weight is 454 g/mol. The molecule has 0 saturated heterocycles. The predicted molar refractivity (Wildman–Crippen MR) is 118 cm³/mol. The third-order valence-corrected chi connectivity index (χ3v) is 5.74. The first-order valence-corrected chi connectivity index (χ1v) is 11.0. The normalized spacial score (nSPS) is 11.8. The highest BCUT2D eigenvalue weighted by Crippen LogP contribution is 2.29. The fourth-order valence-corrected chi connectivity index (χ4v) is 3.67. The SMILES string of the molecule is NS(=O)(=O)c1ccc(-c2ccc(C=CC(=O)c3ccc(-c4ccccc4Cl)o3)o2)cc1. The predicted octanol–water partition coefficient (Wildman–Crippen LogP) is 5.40. The maximum absolute atomic E-state index is 12.4. The van der Waals surface area contributed by atoms with Crippen LogP contribution in [-0.2, 0) is 10.0 Å². The molecule has 6 nitrogen and oxygen atoms in total. The highest BCUT2D eigenvalue weighted by Gasteiger charge is 2.13. The Labute approximate surface area is 183 Å². The molecule has 156 valence electrons. The quantitative estimate of drug-likeness (QED) is 0.311. The zero-order valence-electron chi connectivity index (χ0n) is 16.0. The van der Waals surface area contributed by atoms with E-state index in [2.05, 4.69) is 0 Å². The second kappa shape index (κ2) is 8.39. The number of ketones is 1. The van der Waals surface area contributed by atoms with Crippen molar-refractivity contribution in [3.05, 3.63) is 95.4 Å². The maximum atomic E-state index is 12.4. The van der Waals surface area contributed by atoms with Gasteiger partial charge in [-0.25, -0.2) is 13.6 Å². The van der Waals surface area contributed by atoms with Crippen LogP contribution < -0.4 is 5.14 Å². The van der Waals surface area contributed by atoms with E-state index in [1.54, 1.807) is 42.5 Å². The van der Waals surface area contributed by atoms with E-state index in [1.165, 1.54) is 24.3 Å². The van der Waals surface area contributed by atoms with Gasteiger partial charge in [-0.2, -0.15) is 0 Å². The first kappa shape index (κ1) is 20.9. The van der Waals surface area contributed by atoms with Gasteiger partial charge in [0.25, 0.3) is 0 Å². The molecule has 0 saturated carbocycles. The first-order chi connectivity index (χ1) is 14.8. The topological polar surface area (TPSA) is 104 Å². The molecule has 4 rings (SSSR count). The molecule has 0 spiro atoms. The summed E-state index contributed by atoms with van der Waals surface area (Å²) >= 11 is 6.17. The van der Waals surface area contributed by atoms with Crippen molar-refractivity contribution < 1.29 is 22.0 Å². The first-order valence-electron chi connectivity index (χ1n) is 9.11. The number of rotatable bonds is 6. The molecular weight excluding hydrogens is 438 g/mol. The number of allylic oxidation sites excluding steroid dienone is 1. The third kappa shape index (κ3) is 4.69. The minimum absolute atomic E-state index is 0.0168. The summed E-state index contributed by atoms with van der Waals surface area (Å²) in [6, 6.07) is 19.9. The van der Waals surface area contributed by atoms with Crippen LogP contribution in [0.4, 0.5) is 0 Å². The minimum Gasteiger partial charge on any atom is -0.457 e. The Balaban J connectivity index is 1.48. The molecule has 0 bridgehead atoms. The van der Waals surface area contributed by atoms with E-state index in [0.717, 1.165) is 0 Å². The van der Waals surface area contributed by atoms with E-state index < -0.39 is 10.0 Å². The third-order valence-electron chi connectivity index (χ3n) is 4.48. The van der Waals surface area contributed by atoms with E-state index >= 15 is 0 Å². The monoisotopic (exact) mass is 453 g/mol. The number of primary sulfonamides is 1. The fraction of sp³-hybridized carbons (Fsp3) is 0. The molecule has 2 aromatic carbocycles. The lowest BCUT2D eigenvalue weighted by molar-refractivity contribution is 0.102. The summed E-state index contributed by atoms with van der Waals surface area (Å²) in [7, 11) is -3.76. The van der Waals surface area contributed by atoms with Gasteiger partial charge in [-0.3, -0.25) is 4.79 Å². The molecule has 31 heavy (non-hydrogen) atoms. The van der Waals surface area contributed by atoms with Gasteiger partial charge in [0.2, 0.25) is 15.8 Å². The summed E-state index contributed by atoms with van der Waals surface area (Å²) in [5.41, 5.74) is 1.38. The molecule has 0 unspecified atom stereocenters. The van der Waals surface area contributed by atoms with Gasteiger partial charge in [0, 0.05) is 11.1 Å². The van der Waals surface area contributed by atoms with Crippen LogP contribution in [0.5, 0.6) is 0 Å². The van der Waals surface area contributed by atoms with Crippen LogP contribution in [-0.4, -0.2) is 14.2 Å². The molecule has 0 aliphatic heterocycles. The van der Waals surface area contributed by atoms with Crippen LogP contribution in [0.15, 0.2) is 92.6 Å². The smallest absolute Gasteiger partial charge is 0.238 e. The fourth-order valence-electron chi connectivity index (χ4n) is 2.92. The van der Waals surface area contributed by atoms with Gasteiger partial charge < -0.3 is 8.83 Å². The van der Waals surface area contributed by atoms with Crippen LogP contribution in [0, 0.1) is 0 Å². The lowest BCUT2D eigenvalue weighted by Crippen LogP contribution is -2.11. The van der Waals surface area contributed by atoms with Crippen molar-refractivity contribution in [2.45, 2.75) is 4.90 Å². The standard InChI is InChI=1S/C23H16ClNO5S/c24-19-4-2-1-3-18(19)22-13-14-23(30-22)20(26)11-7-16-8-12-21(29-16)15-5-9-17(10-6-15)31(25,27)28/h1-14H,(H2,25,27,28). The van der Waals surface area contributed by atoms with Crippen molar-refractivity contribution in [1.29, 1.82) is 0 Å². The summed E-state index contributed by atoms with van der Waals surface area (Å²) in [6.45, 7) is 0. The van der Waals surface area contributed by atoms with Crippen molar-refractivity contribution in [3.63, 3.8) is 0 Å². The lowest BCUT2D eigenvalue weighted by Gasteiger charge is -2.00. The number of halogens is 1. The summed E-state index contributed by atoms with van der Waals surface area (Å²) < 4.78 is 34.0. The van der Waals surface area contributed by atoms with Gasteiger partial charge in [0.05, 0.1) is 9.92 Å². The Kier molecular flexibility index (Phi) is 5.65. The molecule has 0 radical (unpaired) electrons. The number of carbonyl (C=O) groups excluding carboxylic acids is 1. The molecule has 4 aromatic rings. The van der Waals surface area contributed by atoms with E-state index in [0.29, 0.717) is 33.4 Å². The Morgan fingerprint density at radius 3 is 2.29 bits per heavy atom. The van der Waals surface area contributed by atoms with E-state index in [4.69, 9.17) is 25.6 Å². The van der Waals surface area contributed by atoms with Crippen molar-refractivity contribution >= 4 is 33.5 Å². The molecule has 8 heteroatoms. The minimum atomic E-state index is -3.76. The van der Waals surface area contributed by atoms with Gasteiger partial charge in [0.1, 0.15) is 17.3 Å². The molecule has 2 heterocycles. The van der Waals surface area contributed by atoms with Crippen LogP contribution in [0.2, 0.25) is 5.02 Å². The molecule has 2 N–H and O–H groups in total. The molecular formula is C23H16ClNO5S. The number of carbonyl (C=O) groups is 1. The Bertz CT molecular complexity index is 1380. The molecule has 0 atom stereocenters. The van der Waals surface area contributed by atoms with Gasteiger partial charge in [-0.1, -0.05) is 23.7 Å². The highest BCUT2D eigenvalue weighted by atomic mass is 35.5. The van der Waals surface area contributed by atoms with Crippen molar-refractivity contribution in [2.24, 2.45) is 5.14 Å². The second-order valence-corrected chi connectivity index (χ2v) is 8.58. The van der Waals surface area contributed by atoms with E-state index in [9.17, 15) is 13.2 Å². The zero-order valence-corrected chi connectivity index (χ0v) is 17.6. The van der Waals surface area contributed by atoms with Crippen molar-refractivity contribution in [1.82, 2.24) is 0 Å². The van der Waals surface area contributed by atoms with Crippen LogP contribution in [0.3, 0.4) is 0 Å². The van der Waals surface area contributed by atoms with Gasteiger partial charge in [-0.05, 0) is 72.8 Å². The number of benzene rings is 2. The lowest BCUT2D eigenvalue weighted by atomic mass is 10.2. The summed E-state index contributed by atoms with van der Waals surface area (Å²) in [5.74, 6) is 1.33. The Morgan fingerprint density at radius 2 is 1.58 bits per heavy atom. The molecule has 0 aliphatic carbocycles. The largest absolute Gasteiger partial charge is 0.457 e. The Hall–Kier alpha value is -3.39. The van der Waals surface area contributed by atoms with Crippen molar-refractivity contribution in [3.8, 4) is 22.6 Å². The number of hydrogen-bond donors (Lipinski definition) is 1. The van der Waals surface area contributed by atoms with E-state index in [1.807, 2.05) is 18.2 Å². The highest BCUT2D eigenvalue weighted by molar-refractivity contribution is 7.89. The summed E-state index contributed by atoms with van der Waals surface area (Å²) in [5, 5.41) is 5.63. The molecule has 2 aromatic heterocycles. The van der Waals surface area contributed by atoms with Crippen LogP contribution in [0.25, 0.3) is 28.7 Å². The number of nitrogens with two attached hydrogens (primary N) is 1. The van der Waals surface area contributed by atoms with Crippen LogP contribution in [0.1, 0.15) is 16.3 Å².